The quantitative estimate of drug-likeness (QED) is 0.720. The summed E-state index contributed by atoms with van der Waals surface area (Å²) in [6.45, 7) is 1.12. The number of rotatable bonds is 7. The fourth-order valence-corrected chi connectivity index (χ4v) is 1.53. The molecule has 3 amide bonds. The van der Waals surface area contributed by atoms with Gasteiger partial charge in [0.1, 0.15) is 5.82 Å². The number of benzene rings is 1. The molecule has 6 heteroatoms. The molecule has 0 saturated heterocycles. The highest BCUT2D eigenvalue weighted by atomic mass is 19.1. The van der Waals surface area contributed by atoms with E-state index in [9.17, 15) is 14.0 Å². The summed E-state index contributed by atoms with van der Waals surface area (Å²) in [7, 11) is 0. The Morgan fingerprint density at radius 1 is 1.37 bits per heavy atom. The van der Waals surface area contributed by atoms with Crippen LogP contribution in [-0.4, -0.2) is 37.0 Å². The van der Waals surface area contributed by atoms with Crippen LogP contribution in [0.15, 0.2) is 24.3 Å². The first-order valence-electron chi connectivity index (χ1n) is 6.11. The SMILES string of the molecule is NCCCN(C=O)C(=O)NCCc1ccc(F)cc1. The van der Waals surface area contributed by atoms with Crippen LogP contribution in [0.2, 0.25) is 0 Å². The van der Waals surface area contributed by atoms with Gasteiger partial charge in [0.25, 0.3) is 0 Å². The van der Waals surface area contributed by atoms with Crippen molar-refractivity contribution in [1.29, 1.82) is 0 Å². The smallest absolute Gasteiger partial charge is 0.323 e. The Morgan fingerprint density at radius 2 is 2.05 bits per heavy atom. The zero-order chi connectivity index (χ0) is 14.1. The number of nitrogens with two attached hydrogens (primary N) is 1. The molecule has 0 unspecified atom stereocenters. The number of amides is 3. The molecule has 0 heterocycles. The summed E-state index contributed by atoms with van der Waals surface area (Å²) in [5, 5.41) is 2.63. The van der Waals surface area contributed by atoms with E-state index in [2.05, 4.69) is 5.32 Å². The van der Waals surface area contributed by atoms with E-state index >= 15 is 0 Å². The molecule has 0 radical (unpaired) electrons. The number of carbonyl (C=O) groups is 2. The molecule has 3 N–H and O–H groups in total. The highest BCUT2D eigenvalue weighted by Crippen LogP contribution is 2.02. The molecule has 0 aliphatic rings. The molecule has 0 spiro atoms. The van der Waals surface area contributed by atoms with Crippen LogP contribution in [-0.2, 0) is 11.2 Å². The number of urea groups is 1. The van der Waals surface area contributed by atoms with Gasteiger partial charge in [-0.3, -0.25) is 9.69 Å². The van der Waals surface area contributed by atoms with Crippen molar-refractivity contribution in [3.8, 4) is 0 Å². The lowest BCUT2D eigenvalue weighted by molar-refractivity contribution is -0.115. The van der Waals surface area contributed by atoms with Gasteiger partial charge in [0.05, 0.1) is 0 Å². The number of imide groups is 1. The van der Waals surface area contributed by atoms with E-state index in [4.69, 9.17) is 5.73 Å². The Labute approximate surface area is 111 Å². The van der Waals surface area contributed by atoms with E-state index in [0.717, 1.165) is 10.5 Å². The highest BCUT2D eigenvalue weighted by Gasteiger charge is 2.10. The van der Waals surface area contributed by atoms with Crippen molar-refractivity contribution in [3.05, 3.63) is 35.6 Å². The maximum atomic E-state index is 12.7. The summed E-state index contributed by atoms with van der Waals surface area (Å²) in [5.41, 5.74) is 6.23. The van der Waals surface area contributed by atoms with E-state index in [1.807, 2.05) is 0 Å². The van der Waals surface area contributed by atoms with Crippen LogP contribution in [0, 0.1) is 5.82 Å². The van der Waals surface area contributed by atoms with Crippen molar-refractivity contribution in [3.63, 3.8) is 0 Å². The summed E-state index contributed by atoms with van der Waals surface area (Å²) < 4.78 is 12.7. The maximum absolute atomic E-state index is 12.7. The Morgan fingerprint density at radius 3 is 2.63 bits per heavy atom. The third-order valence-corrected chi connectivity index (χ3v) is 2.59. The summed E-state index contributed by atoms with van der Waals surface area (Å²) in [4.78, 5) is 23.4. The monoisotopic (exact) mass is 267 g/mol. The molecule has 1 aromatic rings. The minimum Gasteiger partial charge on any atom is -0.337 e. The molecule has 0 bridgehead atoms. The first-order valence-corrected chi connectivity index (χ1v) is 6.11. The Balaban J connectivity index is 2.33. The molecule has 5 nitrogen and oxygen atoms in total. The molecule has 19 heavy (non-hydrogen) atoms. The lowest BCUT2D eigenvalue weighted by Crippen LogP contribution is -2.40. The van der Waals surface area contributed by atoms with Crippen LogP contribution in [0.25, 0.3) is 0 Å². The van der Waals surface area contributed by atoms with Crippen molar-refractivity contribution >= 4 is 12.4 Å². The van der Waals surface area contributed by atoms with Gasteiger partial charge in [-0.2, -0.15) is 0 Å². The van der Waals surface area contributed by atoms with Gasteiger partial charge in [-0.05, 0) is 37.1 Å². The van der Waals surface area contributed by atoms with Gasteiger partial charge < -0.3 is 11.1 Å². The van der Waals surface area contributed by atoms with Gasteiger partial charge in [-0.25, -0.2) is 9.18 Å². The average molecular weight is 267 g/mol. The Hall–Kier alpha value is -1.95. The lowest BCUT2D eigenvalue weighted by Gasteiger charge is -2.15. The second kappa shape index (κ2) is 8.20. The number of nitrogens with one attached hydrogen (secondary N) is 1. The molecular formula is C13H18FN3O2. The molecular weight excluding hydrogens is 249 g/mol. The molecule has 0 fully saturated rings. The number of hydrogen-bond acceptors (Lipinski definition) is 3. The fourth-order valence-electron chi connectivity index (χ4n) is 1.53. The van der Waals surface area contributed by atoms with Crippen molar-refractivity contribution in [2.24, 2.45) is 5.73 Å². The standard InChI is InChI=1S/C13H18FN3O2/c14-12-4-2-11(3-5-12)6-8-16-13(19)17(10-18)9-1-7-15/h2-5,10H,1,6-9,15H2,(H,16,19). The zero-order valence-corrected chi connectivity index (χ0v) is 10.6. The minimum atomic E-state index is -0.439. The van der Waals surface area contributed by atoms with Gasteiger partial charge >= 0.3 is 6.03 Å². The van der Waals surface area contributed by atoms with E-state index in [0.29, 0.717) is 38.9 Å². The van der Waals surface area contributed by atoms with Crippen molar-refractivity contribution in [1.82, 2.24) is 10.2 Å². The van der Waals surface area contributed by atoms with Crippen molar-refractivity contribution < 1.29 is 14.0 Å². The Kier molecular flexibility index (Phi) is 6.52. The summed E-state index contributed by atoms with van der Waals surface area (Å²) in [5.74, 6) is -0.290. The van der Waals surface area contributed by atoms with Crippen LogP contribution >= 0.6 is 0 Å². The van der Waals surface area contributed by atoms with E-state index in [1.54, 1.807) is 12.1 Å². The zero-order valence-electron chi connectivity index (χ0n) is 10.6. The third-order valence-electron chi connectivity index (χ3n) is 2.59. The predicted octanol–water partition coefficient (Wildman–Crippen LogP) is 0.885. The molecule has 0 aliphatic heterocycles. The minimum absolute atomic E-state index is 0.290. The molecule has 0 aliphatic carbocycles. The normalized spacial score (nSPS) is 10.0. The van der Waals surface area contributed by atoms with Crippen LogP contribution in [0.1, 0.15) is 12.0 Å². The molecule has 0 atom stereocenters. The van der Waals surface area contributed by atoms with E-state index in [-0.39, 0.29) is 5.82 Å². The van der Waals surface area contributed by atoms with Crippen molar-refractivity contribution in [2.45, 2.75) is 12.8 Å². The second-order valence-corrected chi connectivity index (χ2v) is 4.05. The second-order valence-electron chi connectivity index (χ2n) is 4.05. The van der Waals surface area contributed by atoms with Crippen LogP contribution in [0.4, 0.5) is 9.18 Å². The molecule has 0 saturated carbocycles. The molecule has 0 aromatic heterocycles. The number of halogens is 1. The first-order chi connectivity index (χ1) is 9.17. The first kappa shape index (κ1) is 15.1. The van der Waals surface area contributed by atoms with Crippen molar-refractivity contribution in [2.75, 3.05) is 19.6 Å². The van der Waals surface area contributed by atoms with Gasteiger partial charge in [-0.1, -0.05) is 12.1 Å². The van der Waals surface area contributed by atoms with E-state index < -0.39 is 6.03 Å². The van der Waals surface area contributed by atoms with Gasteiger partial charge in [0.2, 0.25) is 6.41 Å². The summed E-state index contributed by atoms with van der Waals surface area (Å²) >= 11 is 0. The van der Waals surface area contributed by atoms with Crippen LogP contribution in [0.3, 0.4) is 0 Å². The number of carbonyl (C=O) groups excluding carboxylic acids is 2. The fraction of sp³-hybridized carbons (Fsp3) is 0.385. The van der Waals surface area contributed by atoms with Crippen LogP contribution < -0.4 is 11.1 Å². The third kappa shape index (κ3) is 5.48. The largest absolute Gasteiger partial charge is 0.337 e. The lowest BCUT2D eigenvalue weighted by atomic mass is 10.1. The molecule has 1 rings (SSSR count). The summed E-state index contributed by atoms with van der Waals surface area (Å²) in [6.07, 6.45) is 1.64. The molecule has 104 valence electrons. The number of nitrogens with zero attached hydrogens (tertiary/aromatic N) is 1. The van der Waals surface area contributed by atoms with Gasteiger partial charge in [0, 0.05) is 13.1 Å². The highest BCUT2D eigenvalue weighted by molar-refractivity contribution is 5.84. The Bertz CT molecular complexity index is 409. The topological polar surface area (TPSA) is 75.4 Å². The van der Waals surface area contributed by atoms with Crippen LogP contribution in [0.5, 0.6) is 0 Å². The van der Waals surface area contributed by atoms with Gasteiger partial charge in [-0.15, -0.1) is 0 Å². The van der Waals surface area contributed by atoms with Gasteiger partial charge in [0.15, 0.2) is 0 Å². The summed E-state index contributed by atoms with van der Waals surface area (Å²) in [6, 6.07) is 5.62. The van der Waals surface area contributed by atoms with E-state index in [1.165, 1.54) is 12.1 Å². The molecule has 1 aromatic carbocycles. The maximum Gasteiger partial charge on any atom is 0.323 e. The average Bonchev–Trinajstić information content (AvgIpc) is 2.42. The predicted molar refractivity (Wildman–Crippen MR) is 69.9 cm³/mol. The number of hydrogen-bond donors (Lipinski definition) is 2.